The lowest BCUT2D eigenvalue weighted by molar-refractivity contribution is -0.146. The van der Waals surface area contributed by atoms with Crippen LogP contribution < -0.4 is 5.32 Å². The van der Waals surface area contributed by atoms with Crippen LogP contribution in [-0.2, 0) is 32.1 Å². The quantitative estimate of drug-likeness (QED) is 0.325. The minimum atomic E-state index is -0.653. The molecule has 43 heavy (non-hydrogen) atoms. The molecule has 232 valence electrons. The monoisotopic (exact) mass is 608 g/mol. The SMILES string of the molecule is CC[C@H]1CCN(C[C@@H]2CCCN2C(=O)CCc2cncn2Cc2ccc(C#N)cc2)[C@@H]1C(=O)N[C@@H](CCSC)C(=O)OC. The maximum atomic E-state index is 13.6. The zero-order valence-corrected chi connectivity index (χ0v) is 26.4. The van der Waals surface area contributed by atoms with Gasteiger partial charge in [0.25, 0.3) is 0 Å². The van der Waals surface area contributed by atoms with Crippen LogP contribution in [0.5, 0.6) is 0 Å². The Morgan fingerprint density at radius 2 is 2.00 bits per heavy atom. The summed E-state index contributed by atoms with van der Waals surface area (Å²) < 4.78 is 7.01. The molecule has 4 rings (SSSR count). The van der Waals surface area contributed by atoms with E-state index < -0.39 is 12.0 Å². The second kappa shape index (κ2) is 15.9. The average Bonchev–Trinajstić information content (AvgIpc) is 3.78. The molecule has 1 N–H and O–H groups in total. The molecule has 0 spiro atoms. The third-order valence-electron chi connectivity index (χ3n) is 8.81. The number of hydrogen-bond donors (Lipinski definition) is 1. The average molecular weight is 609 g/mol. The molecule has 0 radical (unpaired) electrons. The van der Waals surface area contributed by atoms with E-state index in [1.165, 1.54) is 7.11 Å². The molecule has 10 nitrogen and oxygen atoms in total. The number of nitriles is 1. The Morgan fingerprint density at radius 3 is 2.70 bits per heavy atom. The summed E-state index contributed by atoms with van der Waals surface area (Å²) >= 11 is 1.63. The molecule has 3 heterocycles. The second-order valence-electron chi connectivity index (χ2n) is 11.5. The molecule has 2 fully saturated rings. The first-order valence-corrected chi connectivity index (χ1v) is 16.7. The minimum absolute atomic E-state index is 0.0647. The summed E-state index contributed by atoms with van der Waals surface area (Å²) in [5, 5.41) is 12.0. The number of rotatable bonds is 14. The first kappa shape index (κ1) is 32.6. The van der Waals surface area contributed by atoms with Crippen LogP contribution in [0.4, 0.5) is 0 Å². The highest BCUT2D eigenvalue weighted by molar-refractivity contribution is 7.98. The lowest BCUT2D eigenvalue weighted by Gasteiger charge is -2.33. The molecule has 2 aliphatic rings. The summed E-state index contributed by atoms with van der Waals surface area (Å²) in [5.41, 5.74) is 2.70. The Balaban J connectivity index is 1.36. The molecule has 1 aromatic heterocycles. The van der Waals surface area contributed by atoms with Gasteiger partial charge < -0.3 is 19.5 Å². The standard InChI is InChI=1S/C32H44N6O4S/c1-4-25-13-16-36(30(25)31(40)35-28(14-17-43-3)32(41)42-2)21-27-6-5-15-38(27)29(39)12-11-26-19-34-22-37(26)20-24-9-7-23(18-33)8-10-24/h7-10,19,22,25,27-28,30H,4-6,11-17,20-21H2,1-3H3,(H,35,40)/t25-,27-,28-,30-/m0/s1. The van der Waals surface area contributed by atoms with Crippen LogP contribution in [0.25, 0.3) is 0 Å². The van der Waals surface area contributed by atoms with Gasteiger partial charge in [-0.3, -0.25) is 14.5 Å². The fraction of sp³-hybridized carbons (Fsp3) is 0.594. The van der Waals surface area contributed by atoms with Gasteiger partial charge in [-0.1, -0.05) is 25.5 Å². The number of imidazole rings is 1. The largest absolute Gasteiger partial charge is 0.467 e. The number of likely N-dealkylation sites (tertiary alicyclic amines) is 2. The molecular weight excluding hydrogens is 564 g/mol. The Morgan fingerprint density at radius 1 is 1.21 bits per heavy atom. The van der Waals surface area contributed by atoms with Crippen LogP contribution >= 0.6 is 11.8 Å². The van der Waals surface area contributed by atoms with Gasteiger partial charge in [0.15, 0.2) is 0 Å². The van der Waals surface area contributed by atoms with E-state index in [1.54, 1.807) is 18.1 Å². The number of carbonyl (C=O) groups excluding carboxylic acids is 3. The molecule has 4 atom stereocenters. The van der Waals surface area contributed by atoms with Gasteiger partial charge in [-0.15, -0.1) is 0 Å². The van der Waals surface area contributed by atoms with E-state index in [4.69, 9.17) is 10.00 Å². The van der Waals surface area contributed by atoms with Crippen molar-refractivity contribution in [3.8, 4) is 6.07 Å². The van der Waals surface area contributed by atoms with Crippen molar-refractivity contribution >= 4 is 29.5 Å². The third kappa shape index (κ3) is 8.39. The normalized spacial score (nSPS) is 21.0. The molecule has 2 saturated heterocycles. The predicted octanol–water partition coefficient (Wildman–Crippen LogP) is 3.24. The number of ether oxygens (including phenoxy) is 1. The molecule has 2 aromatic rings. The maximum Gasteiger partial charge on any atom is 0.328 e. The first-order valence-electron chi connectivity index (χ1n) is 15.3. The Hall–Kier alpha value is -3.36. The van der Waals surface area contributed by atoms with Crippen molar-refractivity contribution in [2.45, 2.75) is 76.5 Å². The van der Waals surface area contributed by atoms with E-state index in [0.717, 1.165) is 55.8 Å². The minimum Gasteiger partial charge on any atom is -0.467 e. The molecule has 0 saturated carbocycles. The van der Waals surface area contributed by atoms with E-state index in [1.807, 2.05) is 41.6 Å². The highest BCUT2D eigenvalue weighted by atomic mass is 32.2. The van der Waals surface area contributed by atoms with E-state index in [9.17, 15) is 14.4 Å². The summed E-state index contributed by atoms with van der Waals surface area (Å²) in [4.78, 5) is 47.9. The first-order chi connectivity index (χ1) is 20.9. The lowest BCUT2D eigenvalue weighted by atomic mass is 9.96. The number of nitrogens with one attached hydrogen (secondary N) is 1. The van der Waals surface area contributed by atoms with Gasteiger partial charge in [-0.25, -0.2) is 9.78 Å². The van der Waals surface area contributed by atoms with Gasteiger partial charge >= 0.3 is 5.97 Å². The number of thioether (sulfide) groups is 1. The molecule has 0 unspecified atom stereocenters. The fourth-order valence-electron chi connectivity index (χ4n) is 6.41. The Labute approximate surface area is 259 Å². The van der Waals surface area contributed by atoms with E-state index in [-0.39, 0.29) is 29.8 Å². The summed E-state index contributed by atoms with van der Waals surface area (Å²) in [5.74, 6) is 0.559. The van der Waals surface area contributed by atoms with E-state index in [0.29, 0.717) is 37.9 Å². The molecule has 11 heteroatoms. The number of amides is 2. The highest BCUT2D eigenvalue weighted by Gasteiger charge is 2.42. The summed E-state index contributed by atoms with van der Waals surface area (Å²) in [6.07, 6.45) is 10.8. The highest BCUT2D eigenvalue weighted by Crippen LogP contribution is 2.30. The van der Waals surface area contributed by atoms with Crippen molar-refractivity contribution in [2.24, 2.45) is 5.92 Å². The summed E-state index contributed by atoms with van der Waals surface area (Å²) in [6.45, 7) is 4.93. The smallest absolute Gasteiger partial charge is 0.328 e. The van der Waals surface area contributed by atoms with Crippen LogP contribution in [0.3, 0.4) is 0 Å². The number of aromatic nitrogens is 2. The van der Waals surface area contributed by atoms with Crippen LogP contribution in [-0.4, -0.2) is 94.0 Å². The number of hydrogen-bond acceptors (Lipinski definition) is 8. The van der Waals surface area contributed by atoms with Gasteiger partial charge in [-0.05, 0) is 74.3 Å². The van der Waals surface area contributed by atoms with Crippen LogP contribution in [0.2, 0.25) is 0 Å². The molecule has 1 aromatic carbocycles. The van der Waals surface area contributed by atoms with E-state index >= 15 is 0 Å². The molecule has 2 amide bonds. The summed E-state index contributed by atoms with van der Waals surface area (Å²) in [6, 6.07) is 8.74. The molecular formula is C32H44N6O4S. The number of methoxy groups -OCH3 is 1. The zero-order valence-electron chi connectivity index (χ0n) is 25.5. The third-order valence-corrected chi connectivity index (χ3v) is 9.45. The van der Waals surface area contributed by atoms with Crippen molar-refractivity contribution in [3.05, 3.63) is 53.6 Å². The zero-order chi connectivity index (χ0) is 30.8. The van der Waals surface area contributed by atoms with Gasteiger partial charge in [0.1, 0.15) is 6.04 Å². The number of benzene rings is 1. The van der Waals surface area contributed by atoms with Crippen molar-refractivity contribution in [3.63, 3.8) is 0 Å². The number of carbonyl (C=O) groups is 3. The molecule has 0 bridgehead atoms. The second-order valence-corrected chi connectivity index (χ2v) is 12.5. The van der Waals surface area contributed by atoms with Gasteiger partial charge in [0, 0.05) is 44.0 Å². The number of aryl methyl sites for hydroxylation is 1. The lowest BCUT2D eigenvalue weighted by Crippen LogP contribution is -2.54. The fourth-order valence-corrected chi connectivity index (χ4v) is 6.88. The number of nitrogens with zero attached hydrogens (tertiary/aromatic N) is 5. The Kier molecular flexibility index (Phi) is 12.1. The van der Waals surface area contributed by atoms with Crippen molar-refractivity contribution in [1.29, 1.82) is 5.26 Å². The van der Waals surface area contributed by atoms with Crippen molar-refractivity contribution in [2.75, 3.05) is 38.8 Å². The van der Waals surface area contributed by atoms with Gasteiger partial charge in [-0.2, -0.15) is 17.0 Å². The van der Waals surface area contributed by atoms with Crippen LogP contribution in [0.1, 0.15) is 62.3 Å². The van der Waals surface area contributed by atoms with Crippen molar-refractivity contribution < 1.29 is 19.1 Å². The van der Waals surface area contributed by atoms with E-state index in [2.05, 4.69) is 32.8 Å². The molecule has 2 aliphatic heterocycles. The summed E-state index contributed by atoms with van der Waals surface area (Å²) in [7, 11) is 1.35. The maximum absolute atomic E-state index is 13.6. The van der Waals surface area contributed by atoms with Crippen LogP contribution in [0, 0.1) is 17.2 Å². The van der Waals surface area contributed by atoms with Crippen LogP contribution in [0.15, 0.2) is 36.8 Å². The predicted molar refractivity (Wildman–Crippen MR) is 166 cm³/mol. The van der Waals surface area contributed by atoms with Gasteiger partial charge in [0.2, 0.25) is 11.8 Å². The number of esters is 1. The topological polar surface area (TPSA) is 121 Å². The van der Waals surface area contributed by atoms with Crippen molar-refractivity contribution in [1.82, 2.24) is 24.7 Å². The van der Waals surface area contributed by atoms with Gasteiger partial charge in [0.05, 0.1) is 31.1 Å². The molecule has 0 aliphatic carbocycles. The Bertz CT molecular complexity index is 1280.